The predicted octanol–water partition coefficient (Wildman–Crippen LogP) is 4.25. The smallest absolute Gasteiger partial charge is 0.242 e. The zero-order valence-corrected chi connectivity index (χ0v) is 15.7. The van der Waals surface area contributed by atoms with Gasteiger partial charge in [0, 0.05) is 17.1 Å². The number of nitrogens with zero attached hydrogens (tertiary/aromatic N) is 2. The molecule has 4 aromatic rings. The molecule has 2 heterocycles. The number of ether oxygens (including phenoxy) is 1. The first-order chi connectivity index (χ1) is 13.6. The highest BCUT2D eigenvalue weighted by Crippen LogP contribution is 2.44. The van der Waals surface area contributed by atoms with Crippen LogP contribution in [0.2, 0.25) is 0 Å². The van der Waals surface area contributed by atoms with Gasteiger partial charge in [0.25, 0.3) is 0 Å². The van der Waals surface area contributed by atoms with E-state index in [-0.39, 0.29) is 5.56 Å². The zero-order valence-electron chi connectivity index (χ0n) is 14.9. The van der Waals surface area contributed by atoms with Gasteiger partial charge in [0.1, 0.15) is 5.75 Å². The lowest BCUT2D eigenvalue weighted by Gasteiger charge is -2.10. The second kappa shape index (κ2) is 7.21. The van der Waals surface area contributed by atoms with E-state index in [4.69, 9.17) is 4.74 Å². The van der Waals surface area contributed by atoms with E-state index < -0.39 is 17.4 Å². The Balaban J connectivity index is 2.00. The molecule has 28 heavy (non-hydrogen) atoms. The molecular formula is C21H16N2O4S. The summed E-state index contributed by atoms with van der Waals surface area (Å²) in [6.07, 6.45) is 1.59. The fourth-order valence-corrected chi connectivity index (χ4v) is 3.68. The van der Waals surface area contributed by atoms with Gasteiger partial charge in [0.2, 0.25) is 5.88 Å². The highest BCUT2D eigenvalue weighted by atomic mass is 32.1. The van der Waals surface area contributed by atoms with Crippen molar-refractivity contribution in [3.8, 4) is 33.8 Å². The van der Waals surface area contributed by atoms with Crippen LogP contribution in [0.5, 0.6) is 17.4 Å². The highest BCUT2D eigenvalue weighted by Gasteiger charge is 2.30. The van der Waals surface area contributed by atoms with Crippen molar-refractivity contribution < 1.29 is 19.7 Å². The van der Waals surface area contributed by atoms with Gasteiger partial charge in [-0.3, -0.25) is 9.36 Å². The average molecular weight is 392 g/mol. The van der Waals surface area contributed by atoms with Crippen molar-refractivity contribution in [2.24, 2.45) is 0 Å². The van der Waals surface area contributed by atoms with Crippen LogP contribution < -0.4 is 4.74 Å². The Bertz CT molecular complexity index is 1120. The van der Waals surface area contributed by atoms with Crippen molar-refractivity contribution in [1.29, 1.82) is 0 Å². The summed E-state index contributed by atoms with van der Waals surface area (Å²) in [7, 11) is 1.56. The maximum absolute atomic E-state index is 13.2. The van der Waals surface area contributed by atoms with Crippen LogP contribution in [0.1, 0.15) is 15.9 Å². The molecule has 0 radical (unpaired) electrons. The topological polar surface area (TPSA) is 84.6 Å². The number of hydrogen-bond acceptors (Lipinski definition) is 6. The molecule has 0 atom stereocenters. The number of hydrogen-bond donors (Lipinski definition) is 2. The molecule has 7 heteroatoms. The number of ketones is 1. The Kier molecular flexibility index (Phi) is 4.58. The molecule has 2 aromatic carbocycles. The largest absolute Gasteiger partial charge is 0.503 e. The van der Waals surface area contributed by atoms with E-state index in [0.29, 0.717) is 27.7 Å². The fourth-order valence-electron chi connectivity index (χ4n) is 3.03. The van der Waals surface area contributed by atoms with Gasteiger partial charge in [-0.2, -0.15) is 0 Å². The van der Waals surface area contributed by atoms with Gasteiger partial charge in [0.15, 0.2) is 16.7 Å². The Morgan fingerprint density at radius 3 is 2.39 bits per heavy atom. The van der Waals surface area contributed by atoms with Crippen LogP contribution >= 0.6 is 11.3 Å². The van der Waals surface area contributed by atoms with Crippen LogP contribution in [0.25, 0.3) is 16.4 Å². The van der Waals surface area contributed by atoms with Crippen molar-refractivity contribution in [2.75, 3.05) is 7.11 Å². The molecule has 0 aliphatic rings. The number of methoxy groups -OCH3 is 1. The Labute approximate surface area is 164 Å². The molecule has 0 aliphatic carbocycles. The highest BCUT2D eigenvalue weighted by molar-refractivity contribution is 7.12. The first kappa shape index (κ1) is 17.8. The number of aromatic hydroxyl groups is 2. The first-order valence-corrected chi connectivity index (χ1v) is 9.30. The van der Waals surface area contributed by atoms with Crippen molar-refractivity contribution in [3.63, 3.8) is 0 Å². The average Bonchev–Trinajstić information content (AvgIpc) is 3.35. The molecule has 0 saturated carbocycles. The number of carbonyl (C=O) groups is 1. The van der Waals surface area contributed by atoms with Crippen LogP contribution in [0, 0.1) is 0 Å². The molecule has 0 fully saturated rings. The van der Waals surface area contributed by atoms with E-state index in [9.17, 15) is 15.0 Å². The van der Waals surface area contributed by atoms with E-state index in [1.807, 2.05) is 0 Å². The number of thiazole rings is 1. The molecule has 0 saturated heterocycles. The number of benzene rings is 2. The molecule has 2 aromatic heterocycles. The van der Waals surface area contributed by atoms with E-state index >= 15 is 0 Å². The summed E-state index contributed by atoms with van der Waals surface area (Å²) < 4.78 is 6.59. The summed E-state index contributed by atoms with van der Waals surface area (Å²) in [4.78, 5) is 17.4. The van der Waals surface area contributed by atoms with Crippen molar-refractivity contribution in [2.45, 2.75) is 0 Å². The third-order valence-electron chi connectivity index (χ3n) is 4.36. The lowest BCUT2D eigenvalue weighted by Crippen LogP contribution is -2.04. The van der Waals surface area contributed by atoms with Crippen molar-refractivity contribution in [3.05, 3.63) is 77.3 Å². The van der Waals surface area contributed by atoms with Crippen molar-refractivity contribution in [1.82, 2.24) is 9.55 Å². The second-order valence-electron chi connectivity index (χ2n) is 5.97. The number of rotatable bonds is 5. The molecule has 6 nitrogen and oxygen atoms in total. The molecule has 0 bridgehead atoms. The van der Waals surface area contributed by atoms with Crippen LogP contribution in [-0.2, 0) is 0 Å². The lowest BCUT2D eigenvalue weighted by molar-refractivity contribution is 0.103. The minimum absolute atomic E-state index is 0.0177. The van der Waals surface area contributed by atoms with Crippen molar-refractivity contribution >= 4 is 17.1 Å². The van der Waals surface area contributed by atoms with Gasteiger partial charge in [-0.05, 0) is 29.8 Å². The Morgan fingerprint density at radius 2 is 1.79 bits per heavy atom. The third-order valence-corrected chi connectivity index (χ3v) is 5.11. The van der Waals surface area contributed by atoms with E-state index in [0.717, 1.165) is 0 Å². The Morgan fingerprint density at radius 1 is 1.07 bits per heavy atom. The van der Waals surface area contributed by atoms with E-state index in [2.05, 4.69) is 4.98 Å². The normalized spacial score (nSPS) is 10.8. The predicted molar refractivity (Wildman–Crippen MR) is 107 cm³/mol. The molecule has 0 spiro atoms. The molecular weight excluding hydrogens is 376 g/mol. The van der Waals surface area contributed by atoms with Crippen LogP contribution in [0.4, 0.5) is 0 Å². The minimum Gasteiger partial charge on any atom is -0.503 e. The molecule has 0 amide bonds. The summed E-state index contributed by atoms with van der Waals surface area (Å²) in [5, 5.41) is 23.5. The van der Waals surface area contributed by atoms with E-state index in [1.54, 1.807) is 73.3 Å². The monoisotopic (exact) mass is 392 g/mol. The Hall–Kier alpha value is -3.58. The summed E-state index contributed by atoms with van der Waals surface area (Å²) in [5.41, 5.74) is 1.42. The molecule has 2 N–H and O–H groups in total. The molecule has 4 rings (SSSR count). The van der Waals surface area contributed by atoms with Gasteiger partial charge in [-0.15, -0.1) is 11.3 Å². The zero-order chi connectivity index (χ0) is 19.7. The van der Waals surface area contributed by atoms with Crippen LogP contribution in [0.3, 0.4) is 0 Å². The van der Waals surface area contributed by atoms with Gasteiger partial charge < -0.3 is 14.9 Å². The summed E-state index contributed by atoms with van der Waals surface area (Å²) >= 11 is 1.28. The maximum Gasteiger partial charge on any atom is 0.242 e. The molecule has 0 unspecified atom stereocenters. The van der Waals surface area contributed by atoms with Gasteiger partial charge >= 0.3 is 0 Å². The summed E-state index contributed by atoms with van der Waals surface area (Å²) in [6, 6.07) is 15.6. The summed E-state index contributed by atoms with van der Waals surface area (Å²) in [6.45, 7) is 0. The quantitative estimate of drug-likeness (QED) is 0.496. The fraction of sp³-hybridized carbons (Fsp3) is 0.0476. The standard InChI is InChI=1S/C21H16N2O4S/c1-27-15-9-7-13(8-10-15)17-16(18(24)14-5-3-2-4-6-14)19(25)20(26)23(17)21-22-11-12-28-21/h2-12,25-26H,1H3. The minimum atomic E-state index is -0.477. The first-order valence-electron chi connectivity index (χ1n) is 8.42. The van der Waals surface area contributed by atoms with Crippen LogP contribution in [0.15, 0.2) is 66.2 Å². The third kappa shape index (κ3) is 2.91. The SMILES string of the molecule is COc1ccc(-c2c(C(=O)c3ccccc3)c(O)c(O)n2-c2nccs2)cc1. The summed E-state index contributed by atoms with van der Waals surface area (Å²) in [5.74, 6) is -0.648. The molecule has 0 aliphatic heterocycles. The lowest BCUT2D eigenvalue weighted by atomic mass is 9.99. The van der Waals surface area contributed by atoms with Gasteiger partial charge in [0.05, 0.1) is 18.4 Å². The maximum atomic E-state index is 13.2. The number of aromatic nitrogens is 2. The van der Waals surface area contributed by atoms with Gasteiger partial charge in [-0.25, -0.2) is 4.98 Å². The second-order valence-corrected chi connectivity index (χ2v) is 6.84. The van der Waals surface area contributed by atoms with Crippen LogP contribution in [-0.4, -0.2) is 32.7 Å². The number of carbonyl (C=O) groups excluding carboxylic acids is 1. The molecule has 140 valence electrons. The van der Waals surface area contributed by atoms with Gasteiger partial charge in [-0.1, -0.05) is 30.3 Å². The van der Waals surface area contributed by atoms with E-state index in [1.165, 1.54) is 15.9 Å².